The third kappa shape index (κ3) is 2.32. The topological polar surface area (TPSA) is 30.9 Å². The molecule has 1 N–H and O–H groups in total. The number of nitrogens with zero attached hydrogens (tertiary/aromatic N) is 3. The normalized spacial score (nSPS) is 19.4. The minimum atomic E-state index is 0.963. The number of benzene rings is 1. The number of anilines is 1. The minimum Gasteiger partial charge on any atom is -0.368 e. The lowest BCUT2D eigenvalue weighted by Gasteiger charge is -2.37. The van der Waals surface area contributed by atoms with Crippen LogP contribution in [0.25, 0.3) is 0 Å². The molecule has 4 nitrogen and oxygen atoms in total. The second kappa shape index (κ2) is 5.12. The zero-order valence-corrected chi connectivity index (χ0v) is 10.3. The summed E-state index contributed by atoms with van der Waals surface area (Å²) in [6.45, 7) is 6.00. The van der Waals surface area contributed by atoms with Gasteiger partial charge in [0.15, 0.2) is 5.96 Å². The van der Waals surface area contributed by atoms with Gasteiger partial charge in [-0.15, -0.1) is 0 Å². The zero-order valence-electron chi connectivity index (χ0n) is 10.3. The van der Waals surface area contributed by atoms with Crippen LogP contribution in [-0.4, -0.2) is 37.0 Å². The first kappa shape index (κ1) is 11.1. The first-order valence-corrected chi connectivity index (χ1v) is 6.31. The van der Waals surface area contributed by atoms with Crippen molar-refractivity contribution in [2.75, 3.05) is 31.1 Å². The Bertz CT molecular complexity index is 444. The first-order valence-electron chi connectivity index (χ1n) is 6.31. The van der Waals surface area contributed by atoms with Crippen LogP contribution in [0.2, 0.25) is 0 Å². The number of hydrogen-bond acceptors (Lipinski definition) is 4. The molecule has 0 saturated carbocycles. The highest BCUT2D eigenvalue weighted by atomic mass is 15.3. The summed E-state index contributed by atoms with van der Waals surface area (Å²) in [6, 6.07) is 10.6. The predicted octanol–water partition coefficient (Wildman–Crippen LogP) is 1.44. The van der Waals surface area contributed by atoms with E-state index in [-0.39, 0.29) is 0 Å². The molecule has 0 amide bonds. The minimum absolute atomic E-state index is 0.963. The van der Waals surface area contributed by atoms with Gasteiger partial charge in [-0.1, -0.05) is 18.2 Å². The lowest BCUT2D eigenvalue weighted by Crippen LogP contribution is -2.52. The largest absolute Gasteiger partial charge is 0.368 e. The van der Waals surface area contributed by atoms with Gasteiger partial charge in [0.1, 0.15) is 0 Å². The molecule has 1 aromatic rings. The SMILES string of the molecule is [CH]1C=CN=C(N2CCN(c3ccccc3)CC2)N1. The standard InChI is InChI=1S/C14H17N4/c1-2-5-13(6-3-1)17-9-11-18(12-10-17)14-15-7-4-8-16-14/h1-8H,9-12H2,(H,15,16). The van der Waals surface area contributed by atoms with Gasteiger partial charge in [-0.2, -0.15) is 0 Å². The molecule has 18 heavy (non-hydrogen) atoms. The van der Waals surface area contributed by atoms with Crippen molar-refractivity contribution in [3.63, 3.8) is 0 Å². The van der Waals surface area contributed by atoms with Crippen molar-refractivity contribution in [3.8, 4) is 0 Å². The molecule has 93 valence electrons. The van der Waals surface area contributed by atoms with Gasteiger partial charge in [-0.25, -0.2) is 4.99 Å². The van der Waals surface area contributed by atoms with Crippen LogP contribution in [-0.2, 0) is 0 Å². The number of guanidine groups is 1. The summed E-state index contributed by atoms with van der Waals surface area (Å²) in [5.41, 5.74) is 1.31. The average molecular weight is 241 g/mol. The Morgan fingerprint density at radius 2 is 1.67 bits per heavy atom. The average Bonchev–Trinajstić information content (AvgIpc) is 2.49. The van der Waals surface area contributed by atoms with Gasteiger partial charge < -0.3 is 15.1 Å². The molecule has 1 saturated heterocycles. The Hall–Kier alpha value is -1.97. The van der Waals surface area contributed by atoms with Crippen LogP contribution in [0.3, 0.4) is 0 Å². The van der Waals surface area contributed by atoms with Gasteiger partial charge in [0, 0.05) is 38.1 Å². The first-order chi connectivity index (χ1) is 8.93. The quantitative estimate of drug-likeness (QED) is 0.807. The highest BCUT2D eigenvalue weighted by Gasteiger charge is 2.19. The van der Waals surface area contributed by atoms with E-state index in [1.165, 1.54) is 5.69 Å². The Morgan fingerprint density at radius 3 is 2.33 bits per heavy atom. The second-order valence-corrected chi connectivity index (χ2v) is 4.41. The molecule has 0 unspecified atom stereocenters. The van der Waals surface area contributed by atoms with Gasteiger partial charge in [-0.05, 0) is 18.2 Å². The molecule has 0 spiro atoms. The predicted molar refractivity (Wildman–Crippen MR) is 74.2 cm³/mol. The van der Waals surface area contributed by atoms with E-state index in [0.717, 1.165) is 32.1 Å². The van der Waals surface area contributed by atoms with Gasteiger partial charge in [0.2, 0.25) is 0 Å². The highest BCUT2D eigenvalue weighted by Crippen LogP contribution is 2.15. The molecular formula is C14H17N4. The van der Waals surface area contributed by atoms with Gasteiger partial charge in [-0.3, -0.25) is 0 Å². The van der Waals surface area contributed by atoms with Gasteiger partial charge in [0.05, 0.1) is 6.54 Å². The van der Waals surface area contributed by atoms with E-state index in [4.69, 9.17) is 0 Å². The van der Waals surface area contributed by atoms with E-state index < -0.39 is 0 Å². The van der Waals surface area contributed by atoms with Crippen LogP contribution in [0.15, 0.2) is 47.6 Å². The second-order valence-electron chi connectivity index (χ2n) is 4.41. The van der Waals surface area contributed by atoms with Crippen LogP contribution in [0, 0.1) is 6.54 Å². The molecule has 0 bridgehead atoms. The lowest BCUT2D eigenvalue weighted by molar-refractivity contribution is 0.376. The fraction of sp³-hybridized carbons (Fsp3) is 0.286. The number of aliphatic imine (C=N–C) groups is 1. The van der Waals surface area contributed by atoms with Crippen molar-refractivity contribution < 1.29 is 0 Å². The van der Waals surface area contributed by atoms with E-state index >= 15 is 0 Å². The smallest absolute Gasteiger partial charge is 0.199 e. The summed E-state index contributed by atoms with van der Waals surface area (Å²) in [7, 11) is 0. The molecule has 2 heterocycles. The lowest BCUT2D eigenvalue weighted by atomic mass is 10.2. The van der Waals surface area contributed by atoms with Crippen LogP contribution in [0.5, 0.6) is 0 Å². The summed E-state index contributed by atoms with van der Waals surface area (Å²) in [5.74, 6) is 0.963. The molecule has 2 aliphatic rings. The molecule has 0 atom stereocenters. The molecule has 3 rings (SSSR count). The molecule has 1 radical (unpaired) electrons. The van der Waals surface area contributed by atoms with E-state index in [9.17, 15) is 0 Å². The van der Waals surface area contributed by atoms with Crippen LogP contribution >= 0.6 is 0 Å². The van der Waals surface area contributed by atoms with E-state index in [1.54, 1.807) is 0 Å². The Morgan fingerprint density at radius 1 is 0.944 bits per heavy atom. The fourth-order valence-corrected chi connectivity index (χ4v) is 2.30. The molecule has 2 aliphatic heterocycles. The van der Waals surface area contributed by atoms with E-state index in [0.29, 0.717) is 0 Å². The van der Waals surface area contributed by atoms with E-state index in [1.807, 2.05) is 18.8 Å². The van der Waals surface area contributed by atoms with Crippen molar-refractivity contribution in [2.45, 2.75) is 0 Å². The molecule has 0 aromatic heterocycles. The highest BCUT2D eigenvalue weighted by molar-refractivity contribution is 5.82. The number of piperazine rings is 1. The zero-order chi connectivity index (χ0) is 12.2. The van der Waals surface area contributed by atoms with Crippen molar-refractivity contribution in [3.05, 3.63) is 49.2 Å². The third-order valence-corrected chi connectivity index (χ3v) is 3.29. The Labute approximate surface area is 108 Å². The van der Waals surface area contributed by atoms with Gasteiger partial charge >= 0.3 is 0 Å². The molecule has 1 aromatic carbocycles. The van der Waals surface area contributed by atoms with E-state index in [2.05, 4.69) is 50.4 Å². The maximum absolute atomic E-state index is 4.35. The fourth-order valence-electron chi connectivity index (χ4n) is 2.30. The molecule has 0 aliphatic carbocycles. The summed E-state index contributed by atoms with van der Waals surface area (Å²) in [4.78, 5) is 9.06. The Kier molecular flexibility index (Phi) is 3.17. The molecule has 4 heteroatoms. The van der Waals surface area contributed by atoms with Crippen LogP contribution in [0.1, 0.15) is 0 Å². The van der Waals surface area contributed by atoms with Crippen molar-refractivity contribution in [1.82, 2.24) is 10.2 Å². The van der Waals surface area contributed by atoms with Crippen molar-refractivity contribution >= 4 is 11.6 Å². The van der Waals surface area contributed by atoms with Crippen LogP contribution < -0.4 is 10.2 Å². The van der Waals surface area contributed by atoms with Crippen molar-refractivity contribution in [2.24, 2.45) is 4.99 Å². The third-order valence-electron chi connectivity index (χ3n) is 3.29. The maximum atomic E-state index is 4.35. The number of hydrogen-bond donors (Lipinski definition) is 1. The molecule has 1 fully saturated rings. The number of nitrogens with one attached hydrogen (secondary N) is 1. The number of para-hydroxylation sites is 1. The monoisotopic (exact) mass is 241 g/mol. The summed E-state index contributed by atoms with van der Waals surface area (Å²) >= 11 is 0. The Balaban J connectivity index is 1.61. The number of rotatable bonds is 1. The van der Waals surface area contributed by atoms with Gasteiger partial charge in [0.25, 0.3) is 0 Å². The maximum Gasteiger partial charge on any atom is 0.199 e. The summed E-state index contributed by atoms with van der Waals surface area (Å²) < 4.78 is 0. The van der Waals surface area contributed by atoms with Crippen molar-refractivity contribution in [1.29, 1.82) is 0 Å². The summed E-state index contributed by atoms with van der Waals surface area (Å²) in [6.07, 6.45) is 3.74. The summed E-state index contributed by atoms with van der Waals surface area (Å²) in [5, 5.41) is 3.19. The molecular weight excluding hydrogens is 224 g/mol. The van der Waals surface area contributed by atoms with Crippen LogP contribution in [0.4, 0.5) is 5.69 Å².